The van der Waals surface area contributed by atoms with Crippen LogP contribution in [0.4, 0.5) is 0 Å². The lowest BCUT2D eigenvalue weighted by atomic mass is 10.2. The average Bonchev–Trinajstić information content (AvgIpc) is 3.00. The van der Waals surface area contributed by atoms with Crippen molar-refractivity contribution in [1.29, 1.82) is 0 Å². The van der Waals surface area contributed by atoms with E-state index in [9.17, 15) is 14.4 Å². The molecule has 0 spiro atoms. The first-order valence-electron chi connectivity index (χ1n) is 14.3. The van der Waals surface area contributed by atoms with E-state index in [1.54, 1.807) is 0 Å². The number of halogens is 1. The largest absolute Gasteiger partial charge is 0.476 e. The van der Waals surface area contributed by atoms with Crippen molar-refractivity contribution in [3.8, 4) is 0 Å². The summed E-state index contributed by atoms with van der Waals surface area (Å²) in [7, 11) is 0. The number of Topliss-reactive ketones (excluding diaryl/α,β-unsaturated/α-hetero) is 1. The topological polar surface area (TPSA) is 173 Å². The van der Waals surface area contributed by atoms with Crippen molar-refractivity contribution in [1.82, 2.24) is 0 Å². The zero-order chi connectivity index (χ0) is 31.5. The second-order valence-electron chi connectivity index (χ2n) is 8.26. The summed E-state index contributed by atoms with van der Waals surface area (Å²) in [5, 5.41) is 8.43. The molecule has 0 saturated carbocycles. The molecule has 15 nitrogen and oxygen atoms in total. The monoisotopic (exact) mass is 740 g/mol. The summed E-state index contributed by atoms with van der Waals surface area (Å²) < 4.78 is 59.7. The van der Waals surface area contributed by atoms with Gasteiger partial charge in [-0.1, -0.05) is 22.6 Å². The summed E-state index contributed by atoms with van der Waals surface area (Å²) in [6.07, 6.45) is -0.656. The predicted molar refractivity (Wildman–Crippen MR) is 160 cm³/mol. The van der Waals surface area contributed by atoms with Gasteiger partial charge >= 0.3 is 11.9 Å². The van der Waals surface area contributed by atoms with Crippen molar-refractivity contribution in [2.45, 2.75) is 12.8 Å². The molecule has 0 aliphatic rings. The normalized spacial score (nSPS) is 11.2. The lowest BCUT2D eigenvalue weighted by Crippen LogP contribution is -2.17. The molecule has 1 N–H and O–H groups in total. The number of hydrogen-bond donors (Lipinski definition) is 1. The van der Waals surface area contributed by atoms with Gasteiger partial charge in [0, 0.05) is 10.8 Å². The number of esters is 1. The first-order valence-corrected chi connectivity index (χ1v) is 15.9. The van der Waals surface area contributed by atoms with Crippen molar-refractivity contribution >= 4 is 40.3 Å². The highest BCUT2D eigenvalue weighted by molar-refractivity contribution is 14.1. The van der Waals surface area contributed by atoms with E-state index >= 15 is 0 Å². The van der Waals surface area contributed by atoms with Gasteiger partial charge in [0.2, 0.25) is 5.78 Å². The number of carboxylic acids is 1. The molecule has 0 aromatic carbocycles. The van der Waals surface area contributed by atoms with Gasteiger partial charge in [-0.15, -0.1) is 0 Å². The fourth-order valence-electron chi connectivity index (χ4n) is 2.74. The first-order chi connectivity index (χ1) is 21.1. The van der Waals surface area contributed by atoms with Crippen LogP contribution in [0.1, 0.15) is 12.8 Å². The van der Waals surface area contributed by atoms with Crippen molar-refractivity contribution in [2.24, 2.45) is 0 Å². The molecular formula is C27H49IO15. The van der Waals surface area contributed by atoms with E-state index in [0.29, 0.717) is 119 Å². The summed E-state index contributed by atoms with van der Waals surface area (Å²) >= 11 is 2.27. The zero-order valence-electron chi connectivity index (χ0n) is 25.0. The molecule has 0 bridgehead atoms. The Morgan fingerprint density at radius 2 is 0.651 bits per heavy atom. The number of ketones is 1. The second kappa shape index (κ2) is 35.4. The number of rotatable bonds is 36. The van der Waals surface area contributed by atoms with Crippen LogP contribution in [0.3, 0.4) is 0 Å². The Balaban J connectivity index is 3.12. The smallest absolute Gasteiger partial charge is 0.372 e. The molecule has 0 unspecified atom stereocenters. The highest BCUT2D eigenvalue weighted by Gasteiger charge is 2.14. The lowest BCUT2D eigenvalue weighted by molar-refractivity contribution is -0.151. The van der Waals surface area contributed by atoms with Crippen LogP contribution in [0, 0.1) is 0 Å². The minimum absolute atomic E-state index is 0.0162. The van der Waals surface area contributed by atoms with E-state index in [2.05, 4.69) is 22.6 Å². The number of carboxylic acid groups (broad SMARTS) is 1. The predicted octanol–water partition coefficient (Wildman–Crippen LogP) is 0.565. The molecule has 0 amide bonds. The van der Waals surface area contributed by atoms with E-state index in [-0.39, 0.29) is 26.1 Å². The molecule has 254 valence electrons. The molecule has 0 aromatic rings. The quantitative estimate of drug-likeness (QED) is 0.0310. The van der Waals surface area contributed by atoms with Gasteiger partial charge in [-0.05, 0) is 0 Å². The van der Waals surface area contributed by atoms with Gasteiger partial charge in [-0.25, -0.2) is 4.79 Å². The van der Waals surface area contributed by atoms with E-state index in [1.807, 2.05) is 0 Å². The van der Waals surface area contributed by atoms with Crippen LogP contribution in [0.15, 0.2) is 0 Å². The van der Waals surface area contributed by atoms with Crippen LogP contribution in [0.5, 0.6) is 0 Å². The molecule has 0 rings (SSSR count). The number of hydrogen-bond acceptors (Lipinski definition) is 14. The Kier molecular flexibility index (Phi) is 34.5. The molecule has 16 heteroatoms. The third kappa shape index (κ3) is 35.3. The van der Waals surface area contributed by atoms with Gasteiger partial charge in [-0.3, -0.25) is 9.59 Å². The number of aliphatic carboxylic acids is 1. The number of carbonyl (C=O) groups excluding carboxylic acids is 2. The zero-order valence-corrected chi connectivity index (χ0v) is 27.2. The number of alkyl halides is 1. The maximum absolute atomic E-state index is 11.3. The Labute approximate surface area is 267 Å². The Bertz CT molecular complexity index is 642. The van der Waals surface area contributed by atoms with Crippen LogP contribution in [0.25, 0.3) is 0 Å². The molecule has 0 aliphatic carbocycles. The summed E-state index contributed by atoms with van der Waals surface area (Å²) in [5.74, 6) is -3.23. The van der Waals surface area contributed by atoms with Crippen LogP contribution in [-0.4, -0.2) is 166 Å². The molecule has 43 heavy (non-hydrogen) atoms. The average molecular weight is 741 g/mol. The van der Waals surface area contributed by atoms with Crippen molar-refractivity contribution in [3.05, 3.63) is 0 Å². The minimum atomic E-state index is -1.56. The summed E-state index contributed by atoms with van der Waals surface area (Å²) in [4.78, 5) is 32.6. The highest BCUT2D eigenvalue weighted by Crippen LogP contribution is 1.95. The van der Waals surface area contributed by atoms with Gasteiger partial charge in [0.05, 0.1) is 139 Å². The summed E-state index contributed by atoms with van der Waals surface area (Å²) in [6, 6.07) is 0. The number of ether oxygens (including phenoxy) is 11. The van der Waals surface area contributed by atoms with E-state index < -0.39 is 17.7 Å². The Morgan fingerprint density at radius 3 is 0.907 bits per heavy atom. The minimum Gasteiger partial charge on any atom is -0.476 e. The first kappa shape index (κ1) is 41.9. The summed E-state index contributed by atoms with van der Waals surface area (Å²) in [6.45, 7) is 9.55. The van der Waals surface area contributed by atoms with Gasteiger partial charge < -0.3 is 57.2 Å². The molecule has 0 atom stereocenters. The molecular weight excluding hydrogens is 691 g/mol. The van der Waals surface area contributed by atoms with Crippen LogP contribution in [-0.2, 0) is 66.5 Å². The van der Waals surface area contributed by atoms with Crippen molar-refractivity contribution < 1.29 is 71.6 Å². The lowest BCUT2D eigenvalue weighted by Gasteiger charge is -2.09. The Morgan fingerprint density at radius 1 is 0.395 bits per heavy atom. The standard InChI is InChI=1S/C27H49IO15/c28-3-4-33-5-6-34-7-8-35-9-10-36-11-12-37-13-14-38-15-16-39-17-18-40-19-20-41-21-22-42-23-24-43-26(30)2-1-25(29)27(31)32/h1-24H2,(H,31,32). The molecule has 0 fully saturated rings. The van der Waals surface area contributed by atoms with Gasteiger partial charge in [0.25, 0.3) is 0 Å². The van der Waals surface area contributed by atoms with Crippen LogP contribution < -0.4 is 0 Å². The van der Waals surface area contributed by atoms with Crippen LogP contribution in [0.2, 0.25) is 0 Å². The van der Waals surface area contributed by atoms with E-state index in [1.165, 1.54) is 0 Å². The molecule has 0 saturated heterocycles. The van der Waals surface area contributed by atoms with Gasteiger partial charge in [-0.2, -0.15) is 0 Å². The van der Waals surface area contributed by atoms with Gasteiger partial charge in [0.15, 0.2) is 0 Å². The molecule has 0 aliphatic heterocycles. The summed E-state index contributed by atoms with van der Waals surface area (Å²) in [5.41, 5.74) is 0. The van der Waals surface area contributed by atoms with E-state index in [4.69, 9.17) is 57.2 Å². The fraction of sp³-hybridized carbons (Fsp3) is 0.889. The number of carbonyl (C=O) groups is 3. The SMILES string of the molecule is O=C(CCC(=O)C(=O)O)OCCOCCOCCOCCOCCOCCOCCOCCOCCOCCOCCI. The Hall–Kier alpha value is -1.06. The van der Waals surface area contributed by atoms with Crippen molar-refractivity contribution in [2.75, 3.05) is 143 Å². The van der Waals surface area contributed by atoms with Gasteiger partial charge in [0.1, 0.15) is 6.61 Å². The maximum atomic E-state index is 11.3. The van der Waals surface area contributed by atoms with Crippen molar-refractivity contribution in [3.63, 3.8) is 0 Å². The van der Waals surface area contributed by atoms with Crippen LogP contribution >= 0.6 is 22.6 Å². The highest BCUT2D eigenvalue weighted by atomic mass is 127. The third-order valence-corrected chi connectivity index (χ3v) is 5.30. The second-order valence-corrected chi connectivity index (χ2v) is 9.34. The molecule has 0 radical (unpaired) electrons. The fourth-order valence-corrected chi connectivity index (χ4v) is 3.06. The maximum Gasteiger partial charge on any atom is 0.372 e. The van der Waals surface area contributed by atoms with E-state index in [0.717, 1.165) is 11.0 Å². The molecule has 0 aromatic heterocycles. The molecule has 0 heterocycles. The third-order valence-electron chi connectivity index (χ3n) is 4.86.